The molecule has 0 heterocycles. The quantitative estimate of drug-likeness (QED) is 0.330. The summed E-state index contributed by atoms with van der Waals surface area (Å²) in [6.45, 7) is 6.61. The zero-order chi connectivity index (χ0) is 21.4. The van der Waals surface area contributed by atoms with Gasteiger partial charge in [-0.1, -0.05) is 51.5 Å². The first-order valence-electron chi connectivity index (χ1n) is 11.5. The Kier molecular flexibility index (Phi) is 9.13. The number of carboxylic acid groups (broad SMARTS) is 1. The average molecular weight is 405 g/mol. The van der Waals surface area contributed by atoms with Crippen LogP contribution >= 0.6 is 0 Å². The summed E-state index contributed by atoms with van der Waals surface area (Å²) in [4.78, 5) is 23.0. The molecule has 0 aromatic rings. The molecule has 2 N–H and O–H groups in total. The van der Waals surface area contributed by atoms with Gasteiger partial charge in [0.1, 0.15) is 5.78 Å². The van der Waals surface area contributed by atoms with Crippen LogP contribution in [0.4, 0.5) is 0 Å². The van der Waals surface area contributed by atoms with Crippen molar-refractivity contribution in [3.05, 3.63) is 24.3 Å². The molecule has 2 rings (SSSR count). The van der Waals surface area contributed by atoms with Crippen LogP contribution in [0.15, 0.2) is 24.3 Å². The van der Waals surface area contributed by atoms with Gasteiger partial charge in [-0.15, -0.1) is 0 Å². The second kappa shape index (κ2) is 11.1. The first-order chi connectivity index (χ1) is 13.7. The molecule has 4 heteroatoms. The molecule has 4 nitrogen and oxygen atoms in total. The molecule has 0 bridgehead atoms. The molecule has 0 amide bonds. The summed E-state index contributed by atoms with van der Waals surface area (Å²) in [6, 6.07) is 0. The van der Waals surface area contributed by atoms with Crippen LogP contribution in [-0.2, 0) is 9.59 Å². The van der Waals surface area contributed by atoms with Crippen molar-refractivity contribution in [1.29, 1.82) is 0 Å². The number of allylic oxidation sites excluding steroid dienone is 3. The summed E-state index contributed by atoms with van der Waals surface area (Å²) >= 11 is 0. The number of hydrogen-bond donors (Lipinski definition) is 2. The van der Waals surface area contributed by atoms with Crippen LogP contribution < -0.4 is 0 Å². The van der Waals surface area contributed by atoms with E-state index >= 15 is 0 Å². The molecule has 0 saturated heterocycles. The molecule has 0 spiro atoms. The second-order valence-electron chi connectivity index (χ2n) is 9.82. The van der Waals surface area contributed by atoms with Gasteiger partial charge in [0.15, 0.2) is 0 Å². The third-order valence-corrected chi connectivity index (χ3v) is 6.97. The molecule has 4 atom stereocenters. The largest absolute Gasteiger partial charge is 0.481 e. The number of hydrogen-bond acceptors (Lipinski definition) is 3. The van der Waals surface area contributed by atoms with Gasteiger partial charge in [0.2, 0.25) is 0 Å². The van der Waals surface area contributed by atoms with Gasteiger partial charge in [0.25, 0.3) is 0 Å². The normalized spacial score (nSPS) is 27.8. The van der Waals surface area contributed by atoms with Gasteiger partial charge in [-0.2, -0.15) is 0 Å². The third kappa shape index (κ3) is 6.80. The molecular weight excluding hydrogens is 364 g/mol. The fourth-order valence-corrected chi connectivity index (χ4v) is 5.29. The minimum Gasteiger partial charge on any atom is -0.481 e. The van der Waals surface area contributed by atoms with Crippen molar-refractivity contribution in [3.63, 3.8) is 0 Å². The van der Waals surface area contributed by atoms with Crippen LogP contribution in [0, 0.1) is 29.1 Å². The molecule has 1 unspecified atom stereocenters. The summed E-state index contributed by atoms with van der Waals surface area (Å²) in [5.74, 6) is 0.770. The standard InChI is InChI=1S/C25H40O4/c1-18(2)17-25(14-9-15-25)23(27)12-8-11-20-19(3)16-22(26)21(20)10-6-4-5-7-13-24(28)29/h4,6,8,11,18-21,23,27H,5,7,9-10,12-17H2,1-3H3,(H,28,29)/b6-4-,11-8+/t19-,20+,21-,23?/m1/s1. The van der Waals surface area contributed by atoms with Gasteiger partial charge >= 0.3 is 5.97 Å². The zero-order valence-corrected chi connectivity index (χ0v) is 18.5. The van der Waals surface area contributed by atoms with E-state index in [1.54, 1.807) is 0 Å². The molecule has 2 saturated carbocycles. The fraction of sp³-hybridized carbons (Fsp3) is 0.760. The van der Waals surface area contributed by atoms with E-state index in [4.69, 9.17) is 5.11 Å². The van der Waals surface area contributed by atoms with Gasteiger partial charge < -0.3 is 10.2 Å². The molecule has 2 aliphatic rings. The van der Waals surface area contributed by atoms with Crippen LogP contribution in [0.2, 0.25) is 0 Å². The van der Waals surface area contributed by atoms with Crippen molar-refractivity contribution in [3.8, 4) is 0 Å². The number of carbonyl (C=O) groups is 2. The Hall–Kier alpha value is -1.42. The molecule has 2 aliphatic carbocycles. The highest BCUT2D eigenvalue weighted by Gasteiger charge is 2.43. The van der Waals surface area contributed by atoms with Gasteiger partial charge in [-0.05, 0) is 68.1 Å². The van der Waals surface area contributed by atoms with Gasteiger partial charge in [0.05, 0.1) is 6.10 Å². The Morgan fingerprint density at radius 3 is 2.55 bits per heavy atom. The monoisotopic (exact) mass is 404 g/mol. The van der Waals surface area contributed by atoms with E-state index < -0.39 is 5.97 Å². The topological polar surface area (TPSA) is 74.6 Å². The number of carboxylic acids is 1. The predicted molar refractivity (Wildman–Crippen MR) is 117 cm³/mol. The molecule has 29 heavy (non-hydrogen) atoms. The summed E-state index contributed by atoms with van der Waals surface area (Å²) in [5.41, 5.74) is 0.105. The molecule has 0 aromatic heterocycles. The maximum atomic E-state index is 12.4. The van der Waals surface area contributed by atoms with Crippen molar-refractivity contribution in [2.75, 3.05) is 0 Å². The number of ketones is 1. The lowest BCUT2D eigenvalue weighted by Gasteiger charge is -2.46. The van der Waals surface area contributed by atoms with Crippen LogP contribution in [-0.4, -0.2) is 28.1 Å². The lowest BCUT2D eigenvalue weighted by molar-refractivity contribution is -0.137. The minimum absolute atomic E-state index is 0.0162. The number of aliphatic carboxylic acids is 1. The van der Waals surface area contributed by atoms with Crippen molar-refractivity contribution >= 4 is 11.8 Å². The number of unbranched alkanes of at least 4 members (excludes halogenated alkanes) is 1. The zero-order valence-electron chi connectivity index (χ0n) is 18.5. The van der Waals surface area contributed by atoms with E-state index in [0.717, 1.165) is 32.1 Å². The lowest BCUT2D eigenvalue weighted by atomic mass is 9.60. The summed E-state index contributed by atoms with van der Waals surface area (Å²) in [6.07, 6.45) is 16.3. The maximum absolute atomic E-state index is 12.4. The van der Waals surface area contributed by atoms with Crippen molar-refractivity contribution < 1.29 is 19.8 Å². The van der Waals surface area contributed by atoms with Crippen molar-refractivity contribution in [1.82, 2.24) is 0 Å². The Balaban J connectivity index is 1.87. The Labute approximate surface area is 176 Å². The van der Waals surface area contributed by atoms with Gasteiger partial charge in [-0.3, -0.25) is 9.59 Å². The van der Waals surface area contributed by atoms with Crippen LogP contribution in [0.3, 0.4) is 0 Å². The number of carbonyl (C=O) groups excluding carboxylic acids is 1. The fourth-order valence-electron chi connectivity index (χ4n) is 5.29. The van der Waals surface area contributed by atoms with E-state index in [9.17, 15) is 14.7 Å². The van der Waals surface area contributed by atoms with E-state index in [2.05, 4.69) is 32.9 Å². The first-order valence-corrected chi connectivity index (χ1v) is 11.5. The molecule has 0 aliphatic heterocycles. The highest BCUT2D eigenvalue weighted by molar-refractivity contribution is 5.84. The Morgan fingerprint density at radius 2 is 1.97 bits per heavy atom. The molecule has 2 fully saturated rings. The summed E-state index contributed by atoms with van der Waals surface area (Å²) in [5, 5.41) is 19.5. The summed E-state index contributed by atoms with van der Waals surface area (Å²) in [7, 11) is 0. The number of aliphatic hydroxyl groups is 1. The highest BCUT2D eigenvalue weighted by atomic mass is 16.4. The number of Topliss-reactive ketones (excluding diaryl/α,β-unsaturated/α-hetero) is 1. The van der Waals surface area contributed by atoms with Crippen LogP contribution in [0.1, 0.15) is 85.0 Å². The molecular formula is C25H40O4. The van der Waals surface area contributed by atoms with Gasteiger partial charge in [0, 0.05) is 18.8 Å². The van der Waals surface area contributed by atoms with Crippen LogP contribution in [0.5, 0.6) is 0 Å². The Morgan fingerprint density at radius 1 is 1.24 bits per heavy atom. The van der Waals surface area contributed by atoms with Gasteiger partial charge in [-0.25, -0.2) is 0 Å². The number of rotatable bonds is 12. The maximum Gasteiger partial charge on any atom is 0.303 e. The highest BCUT2D eigenvalue weighted by Crippen LogP contribution is 2.49. The third-order valence-electron chi connectivity index (χ3n) is 6.97. The number of aliphatic hydroxyl groups excluding tert-OH is 1. The summed E-state index contributed by atoms with van der Waals surface area (Å²) < 4.78 is 0. The second-order valence-corrected chi connectivity index (χ2v) is 9.82. The lowest BCUT2D eigenvalue weighted by Crippen LogP contribution is -2.42. The van der Waals surface area contributed by atoms with E-state index in [0.29, 0.717) is 36.9 Å². The van der Waals surface area contributed by atoms with Crippen molar-refractivity contribution in [2.45, 2.75) is 91.1 Å². The van der Waals surface area contributed by atoms with E-state index in [-0.39, 0.29) is 29.8 Å². The minimum atomic E-state index is -0.761. The predicted octanol–water partition coefficient (Wildman–Crippen LogP) is 5.55. The van der Waals surface area contributed by atoms with Crippen LogP contribution in [0.25, 0.3) is 0 Å². The van der Waals surface area contributed by atoms with Crippen molar-refractivity contribution in [2.24, 2.45) is 29.1 Å². The molecule has 164 valence electrons. The Bertz CT molecular complexity index is 600. The average Bonchev–Trinajstić information content (AvgIpc) is 2.87. The van der Waals surface area contributed by atoms with E-state index in [1.165, 1.54) is 6.42 Å². The molecule has 0 aromatic carbocycles. The molecule has 0 radical (unpaired) electrons. The smallest absolute Gasteiger partial charge is 0.303 e. The first kappa shape index (κ1) is 23.9. The SMILES string of the molecule is CC(C)CC1(C(O)C/C=C/[C@H]2[C@H](C)CC(=O)[C@@H]2C/C=C\CCCC(=O)O)CCC1. The van der Waals surface area contributed by atoms with E-state index in [1.807, 2.05) is 12.2 Å².